The highest BCUT2D eigenvalue weighted by molar-refractivity contribution is 5.99. The summed E-state index contributed by atoms with van der Waals surface area (Å²) in [5.41, 5.74) is 0. The molecule has 7 heteroatoms. The highest BCUT2D eigenvalue weighted by atomic mass is 16.5. The number of aromatic nitrogens is 2. The van der Waals surface area contributed by atoms with Gasteiger partial charge >= 0.3 is 5.97 Å². The number of carboxylic acids is 1. The number of rotatable bonds is 2. The number of fused-ring (bicyclic) bond motifs is 1. The van der Waals surface area contributed by atoms with Crippen molar-refractivity contribution < 1.29 is 19.4 Å². The highest BCUT2D eigenvalue weighted by Gasteiger charge is 2.44. The molecular weight excluding hydrogens is 226 g/mol. The summed E-state index contributed by atoms with van der Waals surface area (Å²) in [6, 6.07) is 0. The molecule has 17 heavy (non-hydrogen) atoms. The maximum Gasteiger partial charge on any atom is 0.316 e. The third-order valence-corrected chi connectivity index (χ3v) is 3.19. The maximum absolute atomic E-state index is 11.5. The fourth-order valence-corrected chi connectivity index (χ4v) is 2.40. The first-order valence-electron chi connectivity index (χ1n) is 5.37. The van der Waals surface area contributed by atoms with Gasteiger partial charge < -0.3 is 15.2 Å². The average molecular weight is 237 g/mol. The summed E-state index contributed by atoms with van der Waals surface area (Å²) < 4.78 is 7.14. The molecule has 0 spiro atoms. The summed E-state index contributed by atoms with van der Waals surface area (Å²) in [6.07, 6.45) is 1.57. The summed E-state index contributed by atoms with van der Waals surface area (Å²) in [6.45, 7) is 1.53. The van der Waals surface area contributed by atoms with Gasteiger partial charge in [-0.15, -0.1) is 0 Å². The minimum Gasteiger partial charge on any atom is -0.481 e. The fraction of sp³-hybridized carbons (Fsp3) is 0.500. The third-order valence-electron chi connectivity index (χ3n) is 3.19. The van der Waals surface area contributed by atoms with Crippen LogP contribution >= 0.6 is 0 Å². The zero-order valence-electron chi connectivity index (χ0n) is 8.92. The van der Waals surface area contributed by atoms with Gasteiger partial charge in [0.25, 0.3) is 0 Å². The lowest BCUT2D eigenvalue weighted by molar-refractivity contribution is -0.145. The molecule has 2 aliphatic heterocycles. The standard InChI is InChI=1S/C10H11N3O4/c14-9-7(10(15)16)5(3-12-9)8-11-4-6-13(8)1-2-17-6/h4-5,7H,1-3H2,(H,12,14)(H,15,16). The molecule has 2 aliphatic rings. The SMILES string of the molecule is O=C(O)C1C(=O)NCC1c1ncc2n1CCO2. The van der Waals surface area contributed by atoms with E-state index in [9.17, 15) is 9.59 Å². The molecular formula is C10H11N3O4. The Hall–Kier alpha value is -2.05. The Bertz CT molecular complexity index is 496. The van der Waals surface area contributed by atoms with Crippen molar-refractivity contribution in [1.29, 1.82) is 0 Å². The van der Waals surface area contributed by atoms with Crippen LogP contribution < -0.4 is 10.1 Å². The van der Waals surface area contributed by atoms with Gasteiger partial charge in [0.15, 0.2) is 0 Å². The van der Waals surface area contributed by atoms with Gasteiger partial charge in [-0.1, -0.05) is 0 Å². The molecule has 90 valence electrons. The maximum atomic E-state index is 11.5. The summed E-state index contributed by atoms with van der Waals surface area (Å²) in [4.78, 5) is 26.7. The third kappa shape index (κ3) is 1.38. The van der Waals surface area contributed by atoms with Crippen LogP contribution in [0.25, 0.3) is 0 Å². The van der Waals surface area contributed by atoms with Gasteiger partial charge in [0, 0.05) is 6.54 Å². The van der Waals surface area contributed by atoms with Crippen molar-refractivity contribution in [3.63, 3.8) is 0 Å². The lowest BCUT2D eigenvalue weighted by Gasteiger charge is -2.12. The topological polar surface area (TPSA) is 93.5 Å². The Balaban J connectivity index is 1.98. The fourth-order valence-electron chi connectivity index (χ4n) is 2.40. The van der Waals surface area contributed by atoms with Crippen LogP contribution in [0.5, 0.6) is 5.88 Å². The lowest BCUT2D eigenvalue weighted by atomic mass is 9.95. The molecule has 1 fully saturated rings. The van der Waals surface area contributed by atoms with E-state index in [2.05, 4.69) is 10.3 Å². The zero-order valence-corrected chi connectivity index (χ0v) is 8.92. The molecule has 3 heterocycles. The van der Waals surface area contributed by atoms with Crippen LogP contribution in [0.2, 0.25) is 0 Å². The number of carbonyl (C=O) groups is 2. The first kappa shape index (κ1) is 10.1. The minimum atomic E-state index is -1.11. The van der Waals surface area contributed by atoms with Gasteiger partial charge in [-0.2, -0.15) is 0 Å². The predicted octanol–water partition coefficient (Wildman–Crippen LogP) is -0.810. The number of amides is 1. The molecule has 0 bridgehead atoms. The Labute approximate surface area is 96.4 Å². The van der Waals surface area contributed by atoms with E-state index in [1.54, 1.807) is 6.20 Å². The van der Waals surface area contributed by atoms with Gasteiger partial charge in [0.2, 0.25) is 11.8 Å². The second-order valence-electron chi connectivity index (χ2n) is 4.12. The minimum absolute atomic E-state index is 0.312. The lowest BCUT2D eigenvalue weighted by Crippen LogP contribution is -2.27. The molecule has 3 rings (SSSR count). The van der Waals surface area contributed by atoms with E-state index in [4.69, 9.17) is 9.84 Å². The molecule has 0 aromatic carbocycles. The summed E-state index contributed by atoms with van der Waals surface area (Å²) in [5.74, 6) is -1.77. The molecule has 1 aromatic rings. The second-order valence-corrected chi connectivity index (χ2v) is 4.12. The molecule has 0 radical (unpaired) electrons. The van der Waals surface area contributed by atoms with Crippen LogP contribution in [0.1, 0.15) is 11.7 Å². The Morgan fingerprint density at radius 3 is 3.24 bits per heavy atom. The monoisotopic (exact) mass is 237 g/mol. The zero-order chi connectivity index (χ0) is 12.0. The number of ether oxygens (including phenoxy) is 1. The molecule has 7 nitrogen and oxygen atoms in total. The van der Waals surface area contributed by atoms with Gasteiger partial charge in [-0.05, 0) is 0 Å². The van der Waals surface area contributed by atoms with Crippen molar-refractivity contribution in [2.45, 2.75) is 12.5 Å². The van der Waals surface area contributed by atoms with E-state index in [0.29, 0.717) is 31.4 Å². The number of hydrogen-bond donors (Lipinski definition) is 2. The van der Waals surface area contributed by atoms with Crippen LogP contribution in [0.3, 0.4) is 0 Å². The quantitative estimate of drug-likeness (QED) is 0.656. The first-order chi connectivity index (χ1) is 8.18. The molecule has 1 saturated heterocycles. The normalized spacial score (nSPS) is 26.5. The van der Waals surface area contributed by atoms with Crippen LogP contribution in [-0.4, -0.2) is 39.7 Å². The highest BCUT2D eigenvalue weighted by Crippen LogP contribution is 2.32. The van der Waals surface area contributed by atoms with Crippen molar-refractivity contribution in [1.82, 2.24) is 14.9 Å². The molecule has 0 aliphatic carbocycles. The summed E-state index contributed by atoms with van der Waals surface area (Å²) in [5, 5.41) is 11.6. The number of nitrogens with zero attached hydrogens (tertiary/aromatic N) is 2. The predicted molar refractivity (Wildman–Crippen MR) is 54.6 cm³/mol. The molecule has 2 unspecified atom stereocenters. The average Bonchev–Trinajstić information content (AvgIpc) is 2.90. The largest absolute Gasteiger partial charge is 0.481 e. The van der Waals surface area contributed by atoms with E-state index in [0.717, 1.165) is 0 Å². The molecule has 2 atom stereocenters. The van der Waals surface area contributed by atoms with Crippen molar-refractivity contribution in [2.24, 2.45) is 5.92 Å². The van der Waals surface area contributed by atoms with Crippen molar-refractivity contribution in [3.05, 3.63) is 12.0 Å². The van der Waals surface area contributed by atoms with Gasteiger partial charge in [-0.3, -0.25) is 14.2 Å². The second kappa shape index (κ2) is 3.47. The van der Waals surface area contributed by atoms with E-state index < -0.39 is 23.7 Å². The number of carbonyl (C=O) groups excluding carboxylic acids is 1. The summed E-state index contributed by atoms with van der Waals surface area (Å²) in [7, 11) is 0. The number of aliphatic carboxylic acids is 1. The number of nitrogens with one attached hydrogen (secondary N) is 1. The Morgan fingerprint density at radius 1 is 1.65 bits per heavy atom. The van der Waals surface area contributed by atoms with Crippen LogP contribution in [0, 0.1) is 5.92 Å². The van der Waals surface area contributed by atoms with E-state index >= 15 is 0 Å². The van der Waals surface area contributed by atoms with Gasteiger partial charge in [0.1, 0.15) is 18.3 Å². The van der Waals surface area contributed by atoms with E-state index in [1.165, 1.54) is 0 Å². The molecule has 1 amide bonds. The molecule has 2 N–H and O–H groups in total. The number of carboxylic acid groups (broad SMARTS) is 1. The number of hydrogen-bond acceptors (Lipinski definition) is 4. The number of imidazole rings is 1. The Kier molecular flexibility index (Phi) is 2.07. The summed E-state index contributed by atoms with van der Waals surface area (Å²) >= 11 is 0. The van der Waals surface area contributed by atoms with Crippen molar-refractivity contribution in [3.8, 4) is 5.88 Å². The van der Waals surface area contributed by atoms with Gasteiger partial charge in [-0.25, -0.2) is 4.98 Å². The van der Waals surface area contributed by atoms with Gasteiger partial charge in [0.05, 0.1) is 18.7 Å². The van der Waals surface area contributed by atoms with E-state index in [1.807, 2.05) is 4.57 Å². The van der Waals surface area contributed by atoms with E-state index in [-0.39, 0.29) is 0 Å². The molecule has 0 saturated carbocycles. The van der Waals surface area contributed by atoms with Crippen molar-refractivity contribution in [2.75, 3.05) is 13.2 Å². The Morgan fingerprint density at radius 2 is 2.47 bits per heavy atom. The van der Waals surface area contributed by atoms with Crippen LogP contribution in [0.15, 0.2) is 6.20 Å². The molecule has 1 aromatic heterocycles. The smallest absolute Gasteiger partial charge is 0.316 e. The first-order valence-corrected chi connectivity index (χ1v) is 5.37. The van der Waals surface area contributed by atoms with Crippen LogP contribution in [-0.2, 0) is 16.1 Å². The van der Waals surface area contributed by atoms with Crippen molar-refractivity contribution >= 4 is 11.9 Å². The van der Waals surface area contributed by atoms with Crippen LogP contribution in [0.4, 0.5) is 0 Å².